The van der Waals surface area contributed by atoms with Gasteiger partial charge in [-0.15, -0.1) is 0 Å². The minimum atomic E-state index is -3.83. The van der Waals surface area contributed by atoms with Crippen LogP contribution in [0.1, 0.15) is 44.6 Å². The fourth-order valence-electron chi connectivity index (χ4n) is 3.98. The summed E-state index contributed by atoms with van der Waals surface area (Å²) in [4.78, 5) is 22.8. The van der Waals surface area contributed by atoms with E-state index in [0.717, 1.165) is 36.3 Å². The summed E-state index contributed by atoms with van der Waals surface area (Å²) in [7, 11) is -3.83. The van der Waals surface area contributed by atoms with Gasteiger partial charge in [0.1, 0.15) is 11.3 Å². The Hall–Kier alpha value is -3.24. The van der Waals surface area contributed by atoms with E-state index < -0.39 is 26.3 Å². The predicted molar refractivity (Wildman–Crippen MR) is 122 cm³/mol. The van der Waals surface area contributed by atoms with E-state index in [4.69, 9.17) is 9.15 Å². The summed E-state index contributed by atoms with van der Waals surface area (Å²) >= 11 is 0. The molecule has 2 heterocycles. The van der Waals surface area contributed by atoms with Crippen molar-refractivity contribution in [1.29, 1.82) is 0 Å². The zero-order valence-electron chi connectivity index (χ0n) is 18.3. The molecule has 3 aromatic rings. The molecular weight excluding hydrogens is 448 g/mol. The molecule has 2 aromatic carbocycles. The molecule has 4 rings (SSSR count). The maximum absolute atomic E-state index is 12.9. The van der Waals surface area contributed by atoms with Gasteiger partial charge in [-0.2, -0.15) is 4.31 Å². The van der Waals surface area contributed by atoms with Crippen molar-refractivity contribution >= 4 is 26.7 Å². The number of ether oxygens (including phenoxy) is 1. The van der Waals surface area contributed by atoms with Gasteiger partial charge in [0.2, 0.25) is 15.8 Å². The lowest BCUT2D eigenvalue weighted by atomic mass is 10.00. The number of nitrogens with zero attached hydrogens (tertiary/aromatic N) is 2. The molecule has 1 saturated heterocycles. The number of sulfonamides is 1. The standard InChI is InChI=1S/C23H24N2O7S/c1-15(2)19-14-23(26)32-22-12-16(6-8-18(19)22)31-21-9-7-17(13-20(21)25(27)28)33(29,30)24-10-4-3-5-11-24/h6-9,12-15H,3-5,10-11H2,1-2H3. The molecule has 33 heavy (non-hydrogen) atoms. The fourth-order valence-corrected chi connectivity index (χ4v) is 5.51. The van der Waals surface area contributed by atoms with E-state index in [-0.39, 0.29) is 22.3 Å². The van der Waals surface area contributed by atoms with Crippen molar-refractivity contribution in [1.82, 2.24) is 4.31 Å². The summed E-state index contributed by atoms with van der Waals surface area (Å²) in [5, 5.41) is 12.4. The highest BCUT2D eigenvalue weighted by Crippen LogP contribution is 2.36. The third kappa shape index (κ3) is 4.62. The van der Waals surface area contributed by atoms with Crippen molar-refractivity contribution in [2.24, 2.45) is 0 Å². The smallest absolute Gasteiger partial charge is 0.336 e. The lowest BCUT2D eigenvalue weighted by Crippen LogP contribution is -2.35. The number of hydrogen-bond donors (Lipinski definition) is 0. The Bertz CT molecular complexity index is 1370. The van der Waals surface area contributed by atoms with Crippen LogP contribution in [0.25, 0.3) is 11.0 Å². The summed E-state index contributed by atoms with van der Waals surface area (Å²) in [5.41, 5.74) is 0.161. The monoisotopic (exact) mass is 472 g/mol. The van der Waals surface area contributed by atoms with Crippen molar-refractivity contribution in [3.8, 4) is 11.5 Å². The molecule has 1 fully saturated rings. The third-order valence-electron chi connectivity index (χ3n) is 5.68. The number of piperidine rings is 1. The Kier molecular flexibility index (Phi) is 6.22. The molecule has 1 aliphatic heterocycles. The Morgan fingerprint density at radius 1 is 1.06 bits per heavy atom. The summed E-state index contributed by atoms with van der Waals surface area (Å²) in [6, 6.07) is 9.90. The SMILES string of the molecule is CC(C)c1cc(=O)oc2cc(Oc3ccc(S(=O)(=O)N4CCCCC4)cc3[N+](=O)[O-])ccc12. The van der Waals surface area contributed by atoms with Crippen LogP contribution in [0.2, 0.25) is 0 Å². The lowest BCUT2D eigenvalue weighted by Gasteiger charge is -2.25. The van der Waals surface area contributed by atoms with Crippen molar-refractivity contribution in [2.75, 3.05) is 13.1 Å². The second-order valence-electron chi connectivity index (χ2n) is 8.29. The zero-order chi connectivity index (χ0) is 23.8. The second-order valence-corrected chi connectivity index (χ2v) is 10.2. The first-order valence-electron chi connectivity index (χ1n) is 10.7. The largest absolute Gasteiger partial charge is 0.450 e. The van der Waals surface area contributed by atoms with E-state index in [1.54, 1.807) is 12.1 Å². The van der Waals surface area contributed by atoms with Gasteiger partial charge in [0, 0.05) is 36.7 Å². The molecule has 0 N–H and O–H groups in total. The number of benzene rings is 2. The van der Waals surface area contributed by atoms with E-state index in [0.29, 0.717) is 18.7 Å². The molecule has 0 bridgehead atoms. The topological polar surface area (TPSA) is 120 Å². The second kappa shape index (κ2) is 8.95. The maximum atomic E-state index is 12.9. The van der Waals surface area contributed by atoms with Crippen LogP contribution in [0.3, 0.4) is 0 Å². The number of rotatable bonds is 6. The first-order valence-corrected chi connectivity index (χ1v) is 12.1. The number of hydrogen-bond acceptors (Lipinski definition) is 7. The molecule has 0 atom stereocenters. The van der Waals surface area contributed by atoms with Gasteiger partial charge in [-0.3, -0.25) is 10.1 Å². The molecule has 0 amide bonds. The molecule has 1 aromatic heterocycles. The van der Waals surface area contributed by atoms with Gasteiger partial charge >= 0.3 is 11.3 Å². The van der Waals surface area contributed by atoms with E-state index in [1.807, 2.05) is 13.8 Å². The summed E-state index contributed by atoms with van der Waals surface area (Å²) in [5.74, 6) is 0.208. The number of nitro groups is 1. The van der Waals surface area contributed by atoms with Crippen LogP contribution in [0, 0.1) is 10.1 Å². The highest BCUT2D eigenvalue weighted by Gasteiger charge is 2.29. The van der Waals surface area contributed by atoms with Crippen LogP contribution in [-0.4, -0.2) is 30.7 Å². The zero-order valence-corrected chi connectivity index (χ0v) is 19.1. The van der Waals surface area contributed by atoms with Gasteiger partial charge in [0.15, 0.2) is 0 Å². The normalized spacial score (nSPS) is 15.1. The van der Waals surface area contributed by atoms with E-state index in [1.165, 1.54) is 28.6 Å². The number of fused-ring (bicyclic) bond motifs is 1. The van der Waals surface area contributed by atoms with Crippen LogP contribution in [0.5, 0.6) is 11.5 Å². The molecule has 0 aliphatic carbocycles. The Labute approximate surface area is 190 Å². The minimum Gasteiger partial charge on any atom is -0.450 e. The molecule has 0 unspecified atom stereocenters. The Morgan fingerprint density at radius 2 is 1.79 bits per heavy atom. The van der Waals surface area contributed by atoms with Crippen LogP contribution < -0.4 is 10.4 Å². The first kappa shape index (κ1) is 22.9. The highest BCUT2D eigenvalue weighted by atomic mass is 32.2. The lowest BCUT2D eigenvalue weighted by molar-refractivity contribution is -0.385. The molecule has 174 valence electrons. The molecule has 0 spiro atoms. The first-order chi connectivity index (χ1) is 15.7. The Balaban J connectivity index is 1.70. The van der Waals surface area contributed by atoms with Gasteiger partial charge in [-0.25, -0.2) is 13.2 Å². The molecular formula is C23H24N2O7S. The van der Waals surface area contributed by atoms with Crippen LogP contribution in [-0.2, 0) is 10.0 Å². The minimum absolute atomic E-state index is 0.0962. The molecule has 1 aliphatic rings. The van der Waals surface area contributed by atoms with Crippen molar-refractivity contribution in [2.45, 2.75) is 43.9 Å². The van der Waals surface area contributed by atoms with Crippen molar-refractivity contribution in [3.05, 3.63) is 68.6 Å². The van der Waals surface area contributed by atoms with E-state index in [2.05, 4.69) is 0 Å². The third-order valence-corrected chi connectivity index (χ3v) is 7.57. The summed E-state index contributed by atoms with van der Waals surface area (Å²) in [6.07, 6.45) is 2.49. The molecule has 0 radical (unpaired) electrons. The summed E-state index contributed by atoms with van der Waals surface area (Å²) in [6.45, 7) is 4.72. The quantitative estimate of drug-likeness (QED) is 0.287. The molecule has 9 nitrogen and oxygen atoms in total. The number of nitro benzene ring substituents is 1. The van der Waals surface area contributed by atoms with Gasteiger partial charge < -0.3 is 9.15 Å². The maximum Gasteiger partial charge on any atom is 0.336 e. The highest BCUT2D eigenvalue weighted by molar-refractivity contribution is 7.89. The molecule has 0 saturated carbocycles. The van der Waals surface area contributed by atoms with Gasteiger partial charge in [0.25, 0.3) is 0 Å². The van der Waals surface area contributed by atoms with Gasteiger partial charge in [-0.05, 0) is 48.6 Å². The van der Waals surface area contributed by atoms with Crippen LogP contribution >= 0.6 is 0 Å². The van der Waals surface area contributed by atoms with E-state index >= 15 is 0 Å². The van der Waals surface area contributed by atoms with Crippen molar-refractivity contribution in [3.63, 3.8) is 0 Å². The molecule has 10 heteroatoms. The predicted octanol–water partition coefficient (Wildman–Crippen LogP) is 4.79. The van der Waals surface area contributed by atoms with Crippen LogP contribution in [0.4, 0.5) is 5.69 Å². The van der Waals surface area contributed by atoms with Gasteiger partial charge in [-0.1, -0.05) is 20.3 Å². The van der Waals surface area contributed by atoms with E-state index in [9.17, 15) is 23.3 Å². The fraction of sp³-hybridized carbons (Fsp3) is 0.348. The summed E-state index contributed by atoms with van der Waals surface area (Å²) < 4.78 is 38.2. The Morgan fingerprint density at radius 3 is 2.45 bits per heavy atom. The average Bonchev–Trinajstić information content (AvgIpc) is 2.78. The van der Waals surface area contributed by atoms with Crippen LogP contribution in [0.15, 0.2) is 56.6 Å². The van der Waals surface area contributed by atoms with Crippen molar-refractivity contribution < 1.29 is 22.5 Å². The van der Waals surface area contributed by atoms with Gasteiger partial charge in [0.05, 0.1) is 9.82 Å². The average molecular weight is 473 g/mol.